The zero-order chi connectivity index (χ0) is 15.0. The van der Waals surface area contributed by atoms with Crippen LogP contribution in [0.4, 0.5) is 11.6 Å². The molecule has 0 bridgehead atoms. The summed E-state index contributed by atoms with van der Waals surface area (Å²) in [5.74, 6) is 1.62. The molecule has 2 rings (SSSR count). The molecule has 0 aliphatic heterocycles. The summed E-state index contributed by atoms with van der Waals surface area (Å²) >= 11 is 3.23. The number of rotatable bonds is 2. The molecule has 0 saturated carbocycles. The molecule has 0 aliphatic rings. The van der Waals surface area contributed by atoms with Gasteiger partial charge in [-0.1, -0.05) is 0 Å². The second-order valence-corrected chi connectivity index (χ2v) is 4.58. The maximum Gasteiger partial charge on any atom is 0.222 e. The van der Waals surface area contributed by atoms with Crippen LogP contribution in [-0.2, 0) is 4.79 Å². The number of carbonyl (C=O) groups excluding carboxylic acids is 1. The number of nitrogens with zero attached hydrogens (tertiary/aromatic N) is 2. The van der Waals surface area contributed by atoms with Crippen molar-refractivity contribution >= 4 is 33.5 Å². The smallest absolute Gasteiger partial charge is 0.222 e. The number of anilines is 2. The van der Waals surface area contributed by atoms with Crippen molar-refractivity contribution in [2.24, 2.45) is 0 Å². The van der Waals surface area contributed by atoms with E-state index in [1.807, 2.05) is 6.07 Å². The Morgan fingerprint density at radius 2 is 2.00 bits per heavy atom. The molecule has 0 unspecified atom stereocenters. The molecule has 0 aliphatic carbocycles. The molecule has 3 N–H and O–H groups in total. The van der Waals surface area contributed by atoms with Crippen LogP contribution in [0.2, 0.25) is 0 Å². The van der Waals surface area contributed by atoms with E-state index in [0.717, 1.165) is 4.47 Å². The number of hydrogen-bond donors (Lipinski definition) is 2. The van der Waals surface area contributed by atoms with Crippen molar-refractivity contribution in [3.63, 3.8) is 0 Å². The van der Waals surface area contributed by atoms with Gasteiger partial charge in [0.15, 0.2) is 0 Å². The molecular formula is C13H15BrN4O2. The Morgan fingerprint density at radius 3 is 2.40 bits per heavy atom. The number of nitrogens with two attached hydrogens (primary N) is 1. The summed E-state index contributed by atoms with van der Waals surface area (Å²) in [6.07, 6.45) is 3.21. The number of carbonyl (C=O) groups is 1. The van der Waals surface area contributed by atoms with Gasteiger partial charge in [0.25, 0.3) is 0 Å². The van der Waals surface area contributed by atoms with E-state index >= 15 is 0 Å². The van der Waals surface area contributed by atoms with Gasteiger partial charge in [0.2, 0.25) is 5.91 Å². The highest BCUT2D eigenvalue weighted by Crippen LogP contribution is 2.10. The number of amides is 1. The van der Waals surface area contributed by atoms with Gasteiger partial charge in [-0.2, -0.15) is 0 Å². The Hall–Kier alpha value is -2.15. The highest BCUT2D eigenvalue weighted by molar-refractivity contribution is 9.10. The van der Waals surface area contributed by atoms with E-state index in [2.05, 4.69) is 31.2 Å². The third-order valence-corrected chi connectivity index (χ3v) is 2.50. The summed E-state index contributed by atoms with van der Waals surface area (Å²) in [6, 6.07) is 7.00. The van der Waals surface area contributed by atoms with E-state index in [4.69, 9.17) is 10.5 Å². The molecule has 2 aromatic rings. The lowest BCUT2D eigenvalue weighted by Gasteiger charge is -2.01. The van der Waals surface area contributed by atoms with E-state index in [1.54, 1.807) is 37.7 Å². The topological polar surface area (TPSA) is 90.1 Å². The molecule has 20 heavy (non-hydrogen) atoms. The van der Waals surface area contributed by atoms with Crippen molar-refractivity contribution in [3.05, 3.63) is 41.1 Å². The van der Waals surface area contributed by atoms with Crippen molar-refractivity contribution in [3.8, 4) is 5.75 Å². The van der Waals surface area contributed by atoms with E-state index in [1.165, 1.54) is 6.92 Å². The first-order valence-corrected chi connectivity index (χ1v) is 6.45. The van der Waals surface area contributed by atoms with Gasteiger partial charge in [-0.25, -0.2) is 9.97 Å². The van der Waals surface area contributed by atoms with Gasteiger partial charge < -0.3 is 15.8 Å². The average Bonchev–Trinajstić information content (AvgIpc) is 2.43. The second kappa shape index (κ2) is 8.11. The first-order valence-electron chi connectivity index (χ1n) is 5.66. The summed E-state index contributed by atoms with van der Waals surface area (Å²) in [7, 11) is 1.56. The zero-order valence-electron chi connectivity index (χ0n) is 11.1. The number of methoxy groups -OCH3 is 1. The maximum atomic E-state index is 10.6. The minimum Gasteiger partial charge on any atom is -0.495 e. The van der Waals surface area contributed by atoms with Gasteiger partial charge in [-0.05, 0) is 40.2 Å². The van der Waals surface area contributed by atoms with Crippen molar-refractivity contribution in [2.75, 3.05) is 18.2 Å². The lowest BCUT2D eigenvalue weighted by molar-refractivity contribution is -0.114. The Balaban J connectivity index is 0.000000217. The van der Waals surface area contributed by atoms with Crippen LogP contribution >= 0.6 is 15.9 Å². The molecular weight excluding hydrogens is 324 g/mol. The first kappa shape index (κ1) is 15.9. The van der Waals surface area contributed by atoms with E-state index < -0.39 is 0 Å². The van der Waals surface area contributed by atoms with Crippen LogP contribution in [0, 0.1) is 0 Å². The van der Waals surface area contributed by atoms with Crippen LogP contribution in [-0.4, -0.2) is 23.0 Å². The van der Waals surface area contributed by atoms with Crippen LogP contribution < -0.4 is 15.8 Å². The van der Waals surface area contributed by atoms with Crippen LogP contribution in [0.1, 0.15) is 6.92 Å². The molecule has 1 amide bonds. The Bertz CT molecular complexity index is 522. The highest BCUT2D eigenvalue weighted by atomic mass is 79.9. The van der Waals surface area contributed by atoms with Crippen molar-refractivity contribution in [1.82, 2.24) is 9.97 Å². The third-order valence-electron chi connectivity index (χ3n) is 2.03. The van der Waals surface area contributed by atoms with Crippen molar-refractivity contribution in [2.45, 2.75) is 6.92 Å². The van der Waals surface area contributed by atoms with Crippen molar-refractivity contribution in [1.29, 1.82) is 0 Å². The van der Waals surface area contributed by atoms with Gasteiger partial charge in [-0.3, -0.25) is 4.79 Å². The minimum absolute atomic E-state index is 0.132. The van der Waals surface area contributed by atoms with Gasteiger partial charge >= 0.3 is 0 Å². The van der Waals surface area contributed by atoms with Crippen LogP contribution in [0.15, 0.2) is 41.1 Å². The summed E-state index contributed by atoms with van der Waals surface area (Å²) < 4.78 is 5.85. The summed E-state index contributed by atoms with van der Waals surface area (Å²) in [4.78, 5) is 18.3. The normalized spacial score (nSPS) is 9.15. The van der Waals surface area contributed by atoms with Crippen molar-refractivity contribution < 1.29 is 9.53 Å². The quantitative estimate of drug-likeness (QED) is 0.877. The van der Waals surface area contributed by atoms with E-state index in [0.29, 0.717) is 17.4 Å². The van der Waals surface area contributed by atoms with Gasteiger partial charge in [-0.15, -0.1) is 0 Å². The molecule has 0 radical (unpaired) electrons. The number of halogens is 1. The summed E-state index contributed by atoms with van der Waals surface area (Å²) in [5.41, 5.74) is 5.29. The fourth-order valence-electron chi connectivity index (χ4n) is 1.14. The lowest BCUT2D eigenvalue weighted by atomic mass is 10.4. The molecule has 0 fully saturated rings. The Morgan fingerprint density at radius 1 is 1.25 bits per heavy atom. The van der Waals surface area contributed by atoms with E-state index in [9.17, 15) is 4.79 Å². The second-order valence-electron chi connectivity index (χ2n) is 3.67. The fourth-order valence-corrected chi connectivity index (χ4v) is 1.38. The lowest BCUT2D eigenvalue weighted by Crippen LogP contribution is -2.06. The zero-order valence-corrected chi connectivity index (χ0v) is 12.7. The van der Waals surface area contributed by atoms with Crippen LogP contribution in [0.25, 0.3) is 0 Å². The maximum absolute atomic E-state index is 10.6. The van der Waals surface area contributed by atoms with Crippen LogP contribution in [0.5, 0.6) is 5.75 Å². The van der Waals surface area contributed by atoms with E-state index in [-0.39, 0.29) is 5.91 Å². The monoisotopic (exact) mass is 338 g/mol. The molecule has 0 aromatic carbocycles. The minimum atomic E-state index is -0.132. The molecule has 2 aromatic heterocycles. The number of hydrogen-bond acceptors (Lipinski definition) is 5. The Kier molecular flexibility index (Phi) is 6.45. The predicted octanol–water partition coefficient (Wildman–Crippen LogP) is 2.47. The average molecular weight is 339 g/mol. The summed E-state index contributed by atoms with van der Waals surface area (Å²) in [6.45, 7) is 1.44. The molecule has 2 heterocycles. The molecule has 0 atom stereocenters. The predicted molar refractivity (Wildman–Crippen MR) is 81.4 cm³/mol. The van der Waals surface area contributed by atoms with Gasteiger partial charge in [0.1, 0.15) is 17.4 Å². The number of pyridine rings is 2. The largest absolute Gasteiger partial charge is 0.495 e. The standard InChI is InChI=1S/C8H10N2O2.C5H5BrN2/c1-6(11)10-8-4-3-7(12-2)5-9-8;6-4-1-2-5(7)8-3-4/h3-5H,1-2H3,(H,9,10,11);1-3H,(H2,7,8). The fraction of sp³-hybridized carbons (Fsp3) is 0.154. The number of nitrogen functional groups attached to an aromatic ring is 1. The number of nitrogens with one attached hydrogen (secondary N) is 1. The van der Waals surface area contributed by atoms with Gasteiger partial charge in [0, 0.05) is 17.6 Å². The van der Waals surface area contributed by atoms with Gasteiger partial charge in [0.05, 0.1) is 13.3 Å². The third kappa shape index (κ3) is 6.14. The molecule has 7 heteroatoms. The number of aromatic nitrogens is 2. The molecule has 0 spiro atoms. The Labute approximate surface area is 125 Å². The summed E-state index contributed by atoms with van der Waals surface area (Å²) in [5, 5.41) is 2.55. The SMILES string of the molecule is COc1ccc(NC(C)=O)nc1.Nc1ccc(Br)cn1. The molecule has 0 saturated heterocycles. The first-order chi connectivity index (χ1) is 9.51. The number of ether oxygens (including phenoxy) is 1. The van der Waals surface area contributed by atoms with Crippen LogP contribution in [0.3, 0.4) is 0 Å². The molecule has 106 valence electrons. The molecule has 6 nitrogen and oxygen atoms in total. The highest BCUT2D eigenvalue weighted by Gasteiger charge is 1.96.